The van der Waals surface area contributed by atoms with Crippen molar-refractivity contribution >= 4 is 5.97 Å². The van der Waals surface area contributed by atoms with Crippen molar-refractivity contribution in [2.75, 3.05) is 0 Å². The molecule has 0 fully saturated rings. The maximum absolute atomic E-state index is 11.5. The Morgan fingerprint density at radius 1 is 1.22 bits per heavy atom. The van der Waals surface area contributed by atoms with Gasteiger partial charge in [-0.25, -0.2) is 0 Å². The highest BCUT2D eigenvalue weighted by molar-refractivity contribution is 5.72. The summed E-state index contributed by atoms with van der Waals surface area (Å²) in [5.74, 6) is -0.487. The van der Waals surface area contributed by atoms with Crippen LogP contribution in [-0.2, 0) is 4.79 Å². The van der Waals surface area contributed by atoms with Gasteiger partial charge in [0.15, 0.2) is 0 Å². The molecule has 4 nitrogen and oxygen atoms in total. The standard InChI is InChI=1S/C14H18O4/c1-2-3-4-5-6-7-14(17)18-13-9-11(15)8-12(16)10-13/h3-4,8-10,15-16H,2,5-7H2,1H3/b4-3-. The highest BCUT2D eigenvalue weighted by atomic mass is 16.5. The molecule has 0 saturated carbocycles. The van der Waals surface area contributed by atoms with Gasteiger partial charge >= 0.3 is 5.97 Å². The zero-order chi connectivity index (χ0) is 13.4. The third kappa shape index (κ3) is 5.39. The van der Waals surface area contributed by atoms with Gasteiger partial charge in [0.25, 0.3) is 0 Å². The number of hydrogen-bond acceptors (Lipinski definition) is 4. The Morgan fingerprint density at radius 2 is 1.89 bits per heavy atom. The number of rotatable bonds is 6. The van der Waals surface area contributed by atoms with E-state index in [2.05, 4.69) is 13.0 Å². The van der Waals surface area contributed by atoms with Crippen LogP contribution in [0.4, 0.5) is 0 Å². The molecule has 2 N–H and O–H groups in total. The summed E-state index contributed by atoms with van der Waals surface area (Å²) in [6.45, 7) is 2.05. The first-order chi connectivity index (χ1) is 8.61. The van der Waals surface area contributed by atoms with E-state index in [0.29, 0.717) is 6.42 Å². The van der Waals surface area contributed by atoms with Crippen LogP contribution in [0.15, 0.2) is 30.4 Å². The Kier molecular flexibility index (Phi) is 5.77. The zero-order valence-electron chi connectivity index (χ0n) is 10.4. The summed E-state index contributed by atoms with van der Waals surface area (Å²) >= 11 is 0. The number of aromatic hydroxyl groups is 2. The SMILES string of the molecule is CC/C=C\CCCC(=O)Oc1cc(O)cc(O)c1. The summed E-state index contributed by atoms with van der Waals surface area (Å²) in [5, 5.41) is 18.4. The number of benzene rings is 1. The second-order valence-corrected chi connectivity index (χ2v) is 3.93. The smallest absolute Gasteiger partial charge is 0.311 e. The van der Waals surface area contributed by atoms with Gasteiger partial charge in [0.1, 0.15) is 17.2 Å². The number of hydrogen-bond donors (Lipinski definition) is 2. The predicted molar refractivity (Wildman–Crippen MR) is 68.7 cm³/mol. The number of esters is 1. The van der Waals surface area contributed by atoms with E-state index in [1.165, 1.54) is 18.2 Å². The van der Waals surface area contributed by atoms with E-state index < -0.39 is 0 Å². The van der Waals surface area contributed by atoms with Crippen LogP contribution in [0.5, 0.6) is 17.2 Å². The molecule has 0 amide bonds. The normalized spacial score (nSPS) is 10.7. The van der Waals surface area contributed by atoms with E-state index >= 15 is 0 Å². The second-order valence-electron chi connectivity index (χ2n) is 3.93. The van der Waals surface area contributed by atoms with E-state index in [-0.39, 0.29) is 23.2 Å². The topological polar surface area (TPSA) is 66.8 Å². The number of carbonyl (C=O) groups excluding carboxylic acids is 1. The first-order valence-electron chi connectivity index (χ1n) is 6.00. The van der Waals surface area contributed by atoms with E-state index in [4.69, 9.17) is 4.74 Å². The molecule has 0 aliphatic carbocycles. The highest BCUT2D eigenvalue weighted by Crippen LogP contribution is 2.26. The molecule has 0 saturated heterocycles. The molecule has 1 rings (SSSR count). The maximum atomic E-state index is 11.5. The van der Waals surface area contributed by atoms with E-state index in [0.717, 1.165) is 19.3 Å². The van der Waals surface area contributed by atoms with Gasteiger partial charge in [-0.05, 0) is 19.3 Å². The average molecular weight is 250 g/mol. The minimum absolute atomic E-state index is 0.135. The summed E-state index contributed by atoms with van der Waals surface area (Å²) in [5.41, 5.74) is 0. The minimum Gasteiger partial charge on any atom is -0.508 e. The van der Waals surface area contributed by atoms with E-state index in [1.54, 1.807) is 0 Å². The Hall–Kier alpha value is -1.97. The highest BCUT2D eigenvalue weighted by Gasteiger charge is 2.06. The van der Waals surface area contributed by atoms with Crippen LogP contribution in [-0.4, -0.2) is 16.2 Å². The van der Waals surface area contributed by atoms with Gasteiger partial charge in [-0.3, -0.25) is 4.79 Å². The molecule has 18 heavy (non-hydrogen) atoms. The summed E-state index contributed by atoms with van der Waals surface area (Å²) in [6.07, 6.45) is 6.96. The molecule has 0 heterocycles. The largest absolute Gasteiger partial charge is 0.508 e. The predicted octanol–water partition coefficient (Wildman–Crippen LogP) is 3.14. The Labute approximate surface area is 107 Å². The van der Waals surface area contributed by atoms with Crippen molar-refractivity contribution in [3.8, 4) is 17.2 Å². The molecule has 0 unspecified atom stereocenters. The third-order valence-corrected chi connectivity index (χ3v) is 2.26. The molecular weight excluding hydrogens is 232 g/mol. The quantitative estimate of drug-likeness (QED) is 0.352. The molecule has 0 radical (unpaired) electrons. The van der Waals surface area contributed by atoms with Crippen LogP contribution in [0, 0.1) is 0 Å². The fourth-order valence-corrected chi connectivity index (χ4v) is 1.46. The minimum atomic E-state index is -0.370. The van der Waals surface area contributed by atoms with Crippen LogP contribution in [0.3, 0.4) is 0 Å². The lowest BCUT2D eigenvalue weighted by Gasteiger charge is -2.04. The van der Waals surface area contributed by atoms with Crippen molar-refractivity contribution in [1.82, 2.24) is 0 Å². The second kappa shape index (κ2) is 7.37. The number of carbonyl (C=O) groups is 1. The third-order valence-electron chi connectivity index (χ3n) is 2.26. The first-order valence-corrected chi connectivity index (χ1v) is 6.00. The summed E-state index contributed by atoms with van der Waals surface area (Å²) in [4.78, 5) is 11.5. The fraction of sp³-hybridized carbons (Fsp3) is 0.357. The van der Waals surface area contributed by atoms with Crippen LogP contribution in [0.2, 0.25) is 0 Å². The fourth-order valence-electron chi connectivity index (χ4n) is 1.46. The van der Waals surface area contributed by atoms with Crippen LogP contribution >= 0.6 is 0 Å². The van der Waals surface area contributed by atoms with Crippen molar-refractivity contribution in [1.29, 1.82) is 0 Å². The molecule has 0 aromatic heterocycles. The Morgan fingerprint density at radius 3 is 2.50 bits per heavy atom. The molecule has 0 atom stereocenters. The number of ether oxygens (including phenoxy) is 1. The number of unbranched alkanes of at least 4 members (excludes halogenated alkanes) is 1. The first kappa shape index (κ1) is 14.1. The molecule has 0 aliphatic heterocycles. The van der Waals surface area contributed by atoms with Crippen molar-refractivity contribution in [2.45, 2.75) is 32.6 Å². The van der Waals surface area contributed by atoms with Gasteiger partial charge in [-0.2, -0.15) is 0 Å². The van der Waals surface area contributed by atoms with Gasteiger partial charge in [0, 0.05) is 24.6 Å². The van der Waals surface area contributed by atoms with Gasteiger partial charge in [-0.15, -0.1) is 0 Å². The molecule has 0 aliphatic rings. The molecule has 1 aromatic carbocycles. The molecular formula is C14H18O4. The van der Waals surface area contributed by atoms with Gasteiger partial charge < -0.3 is 14.9 Å². The monoisotopic (exact) mass is 250 g/mol. The lowest BCUT2D eigenvalue weighted by Crippen LogP contribution is -2.07. The van der Waals surface area contributed by atoms with Crippen LogP contribution < -0.4 is 4.74 Å². The Bertz CT molecular complexity index is 404. The number of allylic oxidation sites excluding steroid dienone is 2. The molecule has 1 aromatic rings. The molecule has 98 valence electrons. The van der Waals surface area contributed by atoms with Crippen LogP contribution in [0.1, 0.15) is 32.6 Å². The van der Waals surface area contributed by atoms with Gasteiger partial charge in [0.2, 0.25) is 0 Å². The Balaban J connectivity index is 2.37. The molecule has 0 bridgehead atoms. The zero-order valence-corrected chi connectivity index (χ0v) is 10.4. The maximum Gasteiger partial charge on any atom is 0.311 e. The van der Waals surface area contributed by atoms with Gasteiger partial charge in [0.05, 0.1) is 0 Å². The number of phenolic OH excluding ortho intramolecular Hbond substituents is 2. The van der Waals surface area contributed by atoms with Crippen molar-refractivity contribution in [3.05, 3.63) is 30.4 Å². The van der Waals surface area contributed by atoms with Crippen molar-refractivity contribution < 1.29 is 19.7 Å². The van der Waals surface area contributed by atoms with Crippen molar-refractivity contribution in [2.24, 2.45) is 0 Å². The number of phenols is 2. The summed E-state index contributed by atoms with van der Waals surface area (Å²) in [7, 11) is 0. The van der Waals surface area contributed by atoms with Crippen molar-refractivity contribution in [3.63, 3.8) is 0 Å². The lowest BCUT2D eigenvalue weighted by atomic mass is 10.2. The average Bonchev–Trinajstić information content (AvgIpc) is 2.27. The summed E-state index contributed by atoms with van der Waals surface area (Å²) < 4.78 is 5.00. The van der Waals surface area contributed by atoms with Gasteiger partial charge in [-0.1, -0.05) is 19.1 Å². The van der Waals surface area contributed by atoms with E-state index in [9.17, 15) is 15.0 Å². The van der Waals surface area contributed by atoms with Crippen LogP contribution in [0.25, 0.3) is 0 Å². The summed E-state index contributed by atoms with van der Waals surface area (Å²) in [6, 6.07) is 3.75. The molecule has 0 spiro atoms. The molecule has 4 heteroatoms. The van der Waals surface area contributed by atoms with E-state index in [1.807, 2.05) is 6.08 Å². The lowest BCUT2D eigenvalue weighted by molar-refractivity contribution is -0.134.